The van der Waals surface area contributed by atoms with E-state index in [0.29, 0.717) is 22.3 Å². The second kappa shape index (κ2) is 8.99. The molecule has 0 saturated heterocycles. The van der Waals surface area contributed by atoms with Gasteiger partial charge in [-0.2, -0.15) is 9.97 Å². The number of aliphatic hydroxyl groups is 1. The van der Waals surface area contributed by atoms with Crippen molar-refractivity contribution in [3.63, 3.8) is 0 Å². The zero-order chi connectivity index (χ0) is 20.1. The molecule has 9 heteroatoms. The van der Waals surface area contributed by atoms with Crippen LogP contribution in [0.25, 0.3) is 11.2 Å². The topological polar surface area (TPSA) is 113 Å². The molecule has 0 radical (unpaired) electrons. The van der Waals surface area contributed by atoms with Crippen molar-refractivity contribution in [2.45, 2.75) is 32.9 Å². The van der Waals surface area contributed by atoms with Crippen LogP contribution in [0.1, 0.15) is 25.8 Å². The summed E-state index contributed by atoms with van der Waals surface area (Å²) in [7, 11) is 0. The van der Waals surface area contributed by atoms with Gasteiger partial charge in [0.05, 0.1) is 18.8 Å². The fraction of sp³-hybridized carbons (Fsp3) is 0.368. The summed E-state index contributed by atoms with van der Waals surface area (Å²) in [5.74, 6) is 0.761. The number of ether oxygens (including phenoxy) is 1. The van der Waals surface area contributed by atoms with E-state index in [1.807, 2.05) is 18.2 Å². The predicted octanol–water partition coefficient (Wildman–Crippen LogP) is 2.76. The predicted molar refractivity (Wildman–Crippen MR) is 108 cm³/mol. The van der Waals surface area contributed by atoms with Crippen molar-refractivity contribution in [2.24, 2.45) is 5.92 Å². The molecule has 2 heterocycles. The number of aromatic amines is 1. The van der Waals surface area contributed by atoms with E-state index in [2.05, 4.69) is 39.1 Å². The molecule has 28 heavy (non-hydrogen) atoms. The van der Waals surface area contributed by atoms with Gasteiger partial charge in [0.15, 0.2) is 11.5 Å². The number of benzene rings is 1. The summed E-state index contributed by atoms with van der Waals surface area (Å²) in [4.78, 5) is 27.0. The Bertz CT molecular complexity index is 1010. The van der Waals surface area contributed by atoms with E-state index in [4.69, 9.17) is 16.3 Å². The van der Waals surface area contributed by atoms with Crippen LogP contribution in [0.2, 0.25) is 5.02 Å². The number of aromatic nitrogens is 4. The SMILES string of the molecule is CC(C)C[C@H](CO)Nc1nc(OCc2ccccc2Cl)nc2[nH]c(=O)cnc12. The highest BCUT2D eigenvalue weighted by Gasteiger charge is 2.16. The number of hydrogen-bond acceptors (Lipinski definition) is 7. The average molecular weight is 404 g/mol. The van der Waals surface area contributed by atoms with E-state index in [1.165, 1.54) is 0 Å². The van der Waals surface area contributed by atoms with Crippen LogP contribution in [0, 0.1) is 5.92 Å². The van der Waals surface area contributed by atoms with Gasteiger partial charge in [-0.15, -0.1) is 0 Å². The van der Waals surface area contributed by atoms with E-state index in [1.54, 1.807) is 6.07 Å². The molecule has 0 bridgehead atoms. The lowest BCUT2D eigenvalue weighted by Gasteiger charge is -2.19. The molecule has 8 nitrogen and oxygen atoms in total. The maximum atomic E-state index is 11.7. The lowest BCUT2D eigenvalue weighted by Crippen LogP contribution is -2.26. The third kappa shape index (κ3) is 4.96. The lowest BCUT2D eigenvalue weighted by molar-refractivity contribution is 0.258. The maximum Gasteiger partial charge on any atom is 0.320 e. The van der Waals surface area contributed by atoms with Crippen LogP contribution < -0.4 is 15.6 Å². The number of nitrogens with zero attached hydrogens (tertiary/aromatic N) is 3. The smallest absolute Gasteiger partial charge is 0.320 e. The van der Waals surface area contributed by atoms with Gasteiger partial charge in [-0.05, 0) is 18.4 Å². The van der Waals surface area contributed by atoms with Crippen LogP contribution in [-0.2, 0) is 6.61 Å². The third-order valence-electron chi connectivity index (χ3n) is 4.05. The van der Waals surface area contributed by atoms with Crippen LogP contribution >= 0.6 is 11.6 Å². The van der Waals surface area contributed by atoms with E-state index >= 15 is 0 Å². The minimum Gasteiger partial charge on any atom is -0.458 e. The Morgan fingerprint density at radius 1 is 1.29 bits per heavy atom. The first kappa shape index (κ1) is 20.0. The number of hydrogen-bond donors (Lipinski definition) is 3. The fourth-order valence-corrected chi connectivity index (χ4v) is 2.97. The normalized spacial score (nSPS) is 12.3. The molecule has 0 spiro atoms. The maximum absolute atomic E-state index is 11.7. The quantitative estimate of drug-likeness (QED) is 0.530. The second-order valence-electron chi connectivity index (χ2n) is 6.83. The number of halogens is 1. The van der Waals surface area contributed by atoms with Gasteiger partial charge in [0.25, 0.3) is 5.56 Å². The van der Waals surface area contributed by atoms with Crippen molar-refractivity contribution in [2.75, 3.05) is 11.9 Å². The molecule has 3 aromatic rings. The molecule has 3 N–H and O–H groups in total. The highest BCUT2D eigenvalue weighted by Crippen LogP contribution is 2.22. The summed E-state index contributed by atoms with van der Waals surface area (Å²) in [5, 5.41) is 13.4. The number of fused-ring (bicyclic) bond motifs is 1. The zero-order valence-corrected chi connectivity index (χ0v) is 16.4. The molecule has 0 amide bonds. The molecule has 1 atom stereocenters. The summed E-state index contributed by atoms with van der Waals surface area (Å²) in [5.41, 5.74) is 1.05. The van der Waals surface area contributed by atoms with Crippen LogP contribution in [0.4, 0.5) is 5.82 Å². The molecule has 1 aromatic carbocycles. The van der Waals surface area contributed by atoms with Crippen molar-refractivity contribution in [1.29, 1.82) is 0 Å². The Balaban J connectivity index is 1.92. The Labute approximate surface area is 167 Å². The van der Waals surface area contributed by atoms with Crippen LogP contribution in [0.5, 0.6) is 6.01 Å². The first-order valence-electron chi connectivity index (χ1n) is 8.97. The number of H-pyrrole nitrogens is 1. The summed E-state index contributed by atoms with van der Waals surface area (Å²) < 4.78 is 5.70. The minimum absolute atomic E-state index is 0.0666. The molecular formula is C19H22ClN5O3. The second-order valence-corrected chi connectivity index (χ2v) is 7.24. The highest BCUT2D eigenvalue weighted by atomic mass is 35.5. The fourth-order valence-electron chi connectivity index (χ4n) is 2.78. The Kier molecular flexibility index (Phi) is 6.43. The van der Waals surface area contributed by atoms with Gasteiger partial charge in [-0.25, -0.2) is 4.98 Å². The van der Waals surface area contributed by atoms with E-state index in [0.717, 1.165) is 18.2 Å². The largest absolute Gasteiger partial charge is 0.458 e. The first-order valence-corrected chi connectivity index (χ1v) is 9.34. The van der Waals surface area contributed by atoms with Crippen molar-refractivity contribution in [1.82, 2.24) is 19.9 Å². The highest BCUT2D eigenvalue weighted by molar-refractivity contribution is 6.31. The molecule has 0 unspecified atom stereocenters. The first-order chi connectivity index (χ1) is 13.5. The van der Waals surface area contributed by atoms with Gasteiger partial charge in [-0.3, -0.25) is 4.79 Å². The molecule has 3 rings (SSSR count). The van der Waals surface area contributed by atoms with Crippen LogP contribution in [0.3, 0.4) is 0 Å². The van der Waals surface area contributed by atoms with E-state index < -0.39 is 0 Å². The van der Waals surface area contributed by atoms with E-state index in [9.17, 15) is 9.90 Å². The number of rotatable bonds is 8. The van der Waals surface area contributed by atoms with Crippen molar-refractivity contribution >= 4 is 28.6 Å². The Morgan fingerprint density at radius 2 is 2.07 bits per heavy atom. The molecular weight excluding hydrogens is 382 g/mol. The summed E-state index contributed by atoms with van der Waals surface area (Å²) in [6, 6.07) is 7.16. The van der Waals surface area contributed by atoms with Crippen LogP contribution in [-0.4, -0.2) is 37.7 Å². The van der Waals surface area contributed by atoms with Gasteiger partial charge >= 0.3 is 6.01 Å². The zero-order valence-electron chi connectivity index (χ0n) is 15.6. The average Bonchev–Trinajstić information content (AvgIpc) is 2.66. The van der Waals surface area contributed by atoms with Crippen molar-refractivity contribution in [3.8, 4) is 6.01 Å². The molecule has 0 aliphatic heterocycles. The molecule has 0 fully saturated rings. The molecule has 0 aliphatic rings. The number of anilines is 1. The summed E-state index contributed by atoms with van der Waals surface area (Å²) in [6.07, 6.45) is 1.90. The number of aliphatic hydroxyl groups excluding tert-OH is 1. The van der Waals surface area contributed by atoms with Gasteiger partial charge < -0.3 is 20.1 Å². The van der Waals surface area contributed by atoms with Gasteiger partial charge in [-0.1, -0.05) is 43.6 Å². The summed E-state index contributed by atoms with van der Waals surface area (Å²) in [6.45, 7) is 4.24. The number of nitrogens with one attached hydrogen (secondary N) is 2. The van der Waals surface area contributed by atoms with Gasteiger partial charge in [0, 0.05) is 10.6 Å². The monoisotopic (exact) mass is 403 g/mol. The van der Waals surface area contributed by atoms with Crippen LogP contribution in [0.15, 0.2) is 35.3 Å². The molecule has 148 valence electrons. The molecule has 0 saturated carbocycles. The third-order valence-corrected chi connectivity index (χ3v) is 4.42. The van der Waals surface area contributed by atoms with E-state index in [-0.39, 0.29) is 36.5 Å². The van der Waals surface area contributed by atoms with Crippen molar-refractivity contribution in [3.05, 3.63) is 51.4 Å². The van der Waals surface area contributed by atoms with Gasteiger partial charge in [0.2, 0.25) is 0 Å². The van der Waals surface area contributed by atoms with Gasteiger partial charge in [0.1, 0.15) is 12.1 Å². The standard InChI is InChI=1S/C19H22ClN5O3/c1-11(2)7-13(9-26)22-17-16-18(23-15(27)8-21-16)25-19(24-17)28-10-12-5-3-4-6-14(12)20/h3-6,8,11,13,26H,7,9-10H2,1-2H3,(H2,22,23,24,25,27)/t13-/m1/s1. The molecule has 2 aromatic heterocycles. The minimum atomic E-state index is -0.380. The Hall–Kier alpha value is -2.71. The molecule has 0 aliphatic carbocycles. The summed E-state index contributed by atoms with van der Waals surface area (Å²) >= 11 is 6.16. The van der Waals surface area contributed by atoms with Crippen molar-refractivity contribution < 1.29 is 9.84 Å². The lowest BCUT2D eigenvalue weighted by atomic mass is 10.0. The Morgan fingerprint density at radius 3 is 2.79 bits per heavy atom.